The Labute approximate surface area is 139 Å². The monoisotopic (exact) mass is 331 g/mol. The van der Waals surface area contributed by atoms with Gasteiger partial charge >= 0.3 is 0 Å². The van der Waals surface area contributed by atoms with Gasteiger partial charge in [-0.25, -0.2) is 5.84 Å². The quantitative estimate of drug-likeness (QED) is 0.222. The molecule has 6 heteroatoms. The molecule has 3 aromatic rings. The molecule has 0 fully saturated rings. The molecule has 0 atom stereocenters. The number of hydrogen-bond donors (Lipinski definition) is 3. The number of hydrogen-bond acceptors (Lipinski definition) is 3. The van der Waals surface area contributed by atoms with Gasteiger partial charge in [-0.1, -0.05) is 30.4 Å². The number of benzene rings is 2. The van der Waals surface area contributed by atoms with Gasteiger partial charge in [0.25, 0.3) is 0 Å². The summed E-state index contributed by atoms with van der Waals surface area (Å²) in [5.41, 5.74) is 5.28. The zero-order valence-electron chi connectivity index (χ0n) is 12.1. The van der Waals surface area contributed by atoms with Gasteiger partial charge in [0.2, 0.25) is 0 Å². The van der Waals surface area contributed by atoms with Gasteiger partial charge in [-0.15, -0.1) is 12.6 Å². The minimum atomic E-state index is 0.310. The molecule has 1 heterocycles. The maximum absolute atomic E-state index is 10.9. The van der Waals surface area contributed by atoms with E-state index in [1.165, 1.54) is 16.4 Å². The van der Waals surface area contributed by atoms with Crippen LogP contribution in [0.3, 0.4) is 0 Å². The number of aromatic nitrogens is 1. The molecule has 0 bridgehead atoms. The first-order valence-corrected chi connectivity index (χ1v) is 7.63. The van der Waals surface area contributed by atoms with E-state index >= 15 is 0 Å². The van der Waals surface area contributed by atoms with Gasteiger partial charge in [0.05, 0.1) is 0 Å². The van der Waals surface area contributed by atoms with Gasteiger partial charge in [-0.2, -0.15) is 0 Å². The third kappa shape index (κ3) is 3.30. The van der Waals surface area contributed by atoms with Gasteiger partial charge in [-0.3, -0.25) is 4.79 Å². The van der Waals surface area contributed by atoms with Crippen molar-refractivity contribution < 1.29 is 4.79 Å². The Balaban J connectivity index is 0.000000309. The molecule has 0 spiro atoms. The van der Waals surface area contributed by atoms with Crippen LogP contribution in [0.1, 0.15) is 17.3 Å². The molecule has 0 aliphatic rings. The Hall–Kier alpha value is -1.89. The van der Waals surface area contributed by atoms with E-state index in [1.54, 1.807) is 0 Å². The van der Waals surface area contributed by atoms with Crippen LogP contribution >= 0.6 is 24.8 Å². The number of thiocarbonyl (C=S) groups is 1. The first-order chi connectivity index (χ1) is 10.6. The highest BCUT2D eigenvalue weighted by molar-refractivity contribution is 8.11. The fourth-order valence-corrected chi connectivity index (χ4v) is 2.49. The fourth-order valence-electron chi connectivity index (χ4n) is 2.49. The van der Waals surface area contributed by atoms with Crippen LogP contribution in [0.25, 0.3) is 21.8 Å². The zero-order valence-corrected chi connectivity index (χ0v) is 13.8. The molecule has 0 radical (unpaired) electrons. The summed E-state index contributed by atoms with van der Waals surface area (Å²) in [6.07, 6.45) is 0.900. The second kappa shape index (κ2) is 7.40. The Morgan fingerprint density at radius 3 is 2.50 bits per heavy atom. The van der Waals surface area contributed by atoms with Crippen LogP contribution in [0.5, 0.6) is 0 Å². The maximum Gasteiger partial charge on any atom is 0.150 e. The van der Waals surface area contributed by atoms with Crippen molar-refractivity contribution in [1.82, 2.24) is 9.99 Å². The molecule has 0 unspecified atom stereocenters. The number of rotatable bonds is 2. The van der Waals surface area contributed by atoms with E-state index in [4.69, 9.17) is 5.84 Å². The van der Waals surface area contributed by atoms with Crippen LogP contribution < -0.4 is 11.3 Å². The average Bonchev–Trinajstić information content (AvgIpc) is 2.88. The van der Waals surface area contributed by atoms with E-state index in [-0.39, 0.29) is 0 Å². The number of carbonyl (C=O) groups excluding carboxylic acids is 1. The van der Waals surface area contributed by atoms with Crippen LogP contribution in [0.4, 0.5) is 0 Å². The molecule has 22 heavy (non-hydrogen) atoms. The molecule has 0 saturated heterocycles. The number of carbonyl (C=O) groups is 1. The Kier molecular flexibility index (Phi) is 5.54. The van der Waals surface area contributed by atoms with Gasteiger partial charge < -0.3 is 9.99 Å². The standard InChI is InChI=1S/C15H13NO.CH4N2S2/c1-2-16-14-6-4-3-5-12(14)13-9-11(10-17)7-8-15(13)16;2-3-1(4)5/h3-10H,2H2,1H3;2H2,(H2,3,4,5). The lowest BCUT2D eigenvalue weighted by Crippen LogP contribution is -2.23. The summed E-state index contributed by atoms with van der Waals surface area (Å²) in [6, 6.07) is 14.2. The van der Waals surface area contributed by atoms with E-state index in [2.05, 4.69) is 53.9 Å². The van der Waals surface area contributed by atoms with Crippen LogP contribution in [-0.4, -0.2) is 15.2 Å². The summed E-state index contributed by atoms with van der Waals surface area (Å²) >= 11 is 7.92. The average molecular weight is 331 g/mol. The van der Waals surface area contributed by atoms with Gasteiger partial charge in [0.1, 0.15) is 10.6 Å². The van der Waals surface area contributed by atoms with Crippen molar-refractivity contribution in [2.24, 2.45) is 5.84 Å². The summed E-state index contributed by atoms with van der Waals surface area (Å²) in [6.45, 7) is 3.07. The van der Waals surface area contributed by atoms with E-state index in [9.17, 15) is 4.79 Å². The largest absolute Gasteiger partial charge is 0.341 e. The molecule has 1 aromatic heterocycles. The number of aldehydes is 1. The maximum atomic E-state index is 10.9. The van der Waals surface area contributed by atoms with Crippen LogP contribution in [0.15, 0.2) is 42.5 Å². The number of thiol groups is 1. The predicted octanol–water partition coefficient (Wildman–Crippen LogP) is 3.29. The smallest absolute Gasteiger partial charge is 0.150 e. The Morgan fingerprint density at radius 2 is 1.91 bits per heavy atom. The second-order valence-electron chi connectivity index (χ2n) is 4.61. The van der Waals surface area contributed by atoms with Crippen LogP contribution in [0.2, 0.25) is 0 Å². The number of nitrogens with zero attached hydrogens (tertiary/aromatic N) is 1. The third-order valence-electron chi connectivity index (χ3n) is 3.37. The van der Waals surface area contributed by atoms with E-state index < -0.39 is 0 Å². The molecule has 0 saturated carbocycles. The summed E-state index contributed by atoms with van der Waals surface area (Å²) in [5, 5.41) is 2.38. The van der Waals surface area contributed by atoms with Gasteiger partial charge in [0, 0.05) is 33.9 Å². The van der Waals surface area contributed by atoms with Crippen LogP contribution in [-0.2, 0) is 6.54 Å². The Morgan fingerprint density at radius 1 is 1.27 bits per heavy atom. The fraction of sp³-hybridized carbons (Fsp3) is 0.125. The van der Waals surface area contributed by atoms with Crippen molar-refractivity contribution in [2.45, 2.75) is 13.5 Å². The lowest BCUT2D eigenvalue weighted by Gasteiger charge is -2.02. The molecule has 114 valence electrons. The van der Waals surface area contributed by atoms with Crippen molar-refractivity contribution in [2.75, 3.05) is 0 Å². The van der Waals surface area contributed by atoms with Crippen molar-refractivity contribution in [3.8, 4) is 0 Å². The molecule has 4 nitrogen and oxygen atoms in total. The topological polar surface area (TPSA) is 60.0 Å². The molecule has 3 rings (SSSR count). The highest BCUT2D eigenvalue weighted by atomic mass is 32.1. The highest BCUT2D eigenvalue weighted by Crippen LogP contribution is 2.29. The first-order valence-electron chi connectivity index (χ1n) is 6.78. The molecule has 0 aliphatic heterocycles. The van der Waals surface area contributed by atoms with Crippen molar-refractivity contribution in [3.05, 3.63) is 48.0 Å². The number of hydrazine groups is 1. The molecule has 0 amide bonds. The summed E-state index contributed by atoms with van der Waals surface area (Å²) in [5.74, 6) is 4.70. The number of nitrogens with two attached hydrogens (primary N) is 1. The summed E-state index contributed by atoms with van der Waals surface area (Å²) in [7, 11) is 0. The van der Waals surface area contributed by atoms with E-state index in [0.29, 0.717) is 4.32 Å². The summed E-state index contributed by atoms with van der Waals surface area (Å²) < 4.78 is 2.59. The number of para-hydroxylation sites is 1. The minimum Gasteiger partial charge on any atom is -0.341 e. The van der Waals surface area contributed by atoms with Gasteiger partial charge in [-0.05, 0) is 31.2 Å². The normalized spacial score (nSPS) is 10.1. The predicted molar refractivity (Wildman–Crippen MR) is 99.4 cm³/mol. The molecule has 2 aromatic carbocycles. The van der Waals surface area contributed by atoms with Crippen molar-refractivity contribution in [1.29, 1.82) is 0 Å². The van der Waals surface area contributed by atoms with Crippen molar-refractivity contribution in [3.63, 3.8) is 0 Å². The number of nitrogens with one attached hydrogen (secondary N) is 1. The number of fused-ring (bicyclic) bond motifs is 3. The highest BCUT2D eigenvalue weighted by Gasteiger charge is 2.08. The summed E-state index contributed by atoms with van der Waals surface area (Å²) in [4.78, 5) is 10.9. The van der Waals surface area contributed by atoms with E-state index in [1.807, 2.05) is 30.3 Å². The molecule has 0 aliphatic carbocycles. The second-order valence-corrected chi connectivity index (χ2v) is 5.76. The molecular formula is C16H17N3OS2. The van der Waals surface area contributed by atoms with Crippen molar-refractivity contribution >= 4 is 57.3 Å². The van der Waals surface area contributed by atoms with E-state index in [0.717, 1.165) is 23.8 Å². The zero-order chi connectivity index (χ0) is 16.1. The lowest BCUT2D eigenvalue weighted by molar-refractivity contribution is 0.112. The lowest BCUT2D eigenvalue weighted by atomic mass is 10.1. The Bertz CT molecular complexity index is 827. The first kappa shape index (κ1) is 16.5. The number of aryl methyl sites for hydroxylation is 1. The van der Waals surface area contributed by atoms with Crippen LogP contribution in [0, 0.1) is 0 Å². The molecular weight excluding hydrogens is 314 g/mol. The third-order valence-corrected chi connectivity index (χ3v) is 3.62. The molecule has 3 N–H and O–H groups in total. The van der Waals surface area contributed by atoms with Gasteiger partial charge in [0.15, 0.2) is 0 Å². The minimum absolute atomic E-state index is 0.310. The SMILES string of the molecule is CCn1c2ccccc2c2cc(C=O)ccc21.NNC(=S)S.